The average molecular weight is 354 g/mol. The number of rotatable bonds is 5. The first-order chi connectivity index (χ1) is 12.0. The van der Waals surface area contributed by atoms with Crippen molar-refractivity contribution in [2.24, 2.45) is 5.10 Å². The van der Waals surface area contributed by atoms with Crippen LogP contribution in [0.25, 0.3) is 0 Å². The minimum atomic E-state index is 0.496. The summed E-state index contributed by atoms with van der Waals surface area (Å²) in [7, 11) is 0. The largest absolute Gasteiger partial charge is 0.265 e. The van der Waals surface area contributed by atoms with Crippen LogP contribution in [0, 0.1) is 25.5 Å². The van der Waals surface area contributed by atoms with Crippen LogP contribution < -0.4 is 0 Å². The van der Waals surface area contributed by atoms with E-state index >= 15 is 0 Å². The molecule has 0 bridgehead atoms. The van der Waals surface area contributed by atoms with Gasteiger partial charge in [0.25, 0.3) is 0 Å². The van der Waals surface area contributed by atoms with Crippen LogP contribution in [0.2, 0.25) is 0 Å². The van der Waals surface area contributed by atoms with E-state index in [1.165, 1.54) is 11.1 Å². The molecule has 3 aromatic rings. The summed E-state index contributed by atoms with van der Waals surface area (Å²) in [6, 6.07) is 8.52. The van der Waals surface area contributed by atoms with Gasteiger partial charge in [0.2, 0.25) is 4.77 Å². The van der Waals surface area contributed by atoms with Crippen molar-refractivity contribution in [2.75, 3.05) is 0 Å². The molecule has 0 spiro atoms. The standard InChI is InChI=1S/C18H22N6S/c1-5-17-20-21-18(25)24(17)19-10-16-13(3)22-23(14(16)4)11-15-8-6-12(2)7-9-15/h6-10H,5,11H2,1-4H3,(H,21,25). The van der Waals surface area contributed by atoms with E-state index in [1.807, 2.05) is 24.7 Å². The molecule has 0 unspecified atom stereocenters. The SMILES string of the molecule is CCc1n[nH]c(=S)n1N=Cc1c(C)nn(Cc2ccc(C)cc2)c1C. The number of nitrogens with one attached hydrogen (secondary N) is 1. The number of aromatic amines is 1. The van der Waals surface area contributed by atoms with Crippen LogP contribution in [0.3, 0.4) is 0 Å². The Balaban J connectivity index is 1.89. The summed E-state index contributed by atoms with van der Waals surface area (Å²) in [6.07, 6.45) is 2.57. The van der Waals surface area contributed by atoms with Crippen molar-refractivity contribution in [2.45, 2.75) is 40.7 Å². The lowest BCUT2D eigenvalue weighted by atomic mass is 10.1. The molecular formula is C18H22N6S. The number of benzene rings is 1. The highest BCUT2D eigenvalue weighted by molar-refractivity contribution is 7.71. The molecule has 0 amide bonds. The molecule has 3 rings (SSSR count). The zero-order valence-corrected chi connectivity index (χ0v) is 15.8. The molecule has 7 heteroatoms. The fourth-order valence-corrected chi connectivity index (χ4v) is 2.90. The van der Waals surface area contributed by atoms with Gasteiger partial charge in [-0.1, -0.05) is 36.8 Å². The molecular weight excluding hydrogens is 332 g/mol. The molecule has 130 valence electrons. The van der Waals surface area contributed by atoms with Crippen molar-refractivity contribution in [3.8, 4) is 0 Å². The number of aryl methyl sites for hydroxylation is 3. The number of hydrogen-bond donors (Lipinski definition) is 1. The summed E-state index contributed by atoms with van der Waals surface area (Å²) in [4.78, 5) is 0. The highest BCUT2D eigenvalue weighted by atomic mass is 32.1. The summed E-state index contributed by atoms with van der Waals surface area (Å²) in [5.41, 5.74) is 5.52. The fraction of sp³-hybridized carbons (Fsp3) is 0.333. The summed E-state index contributed by atoms with van der Waals surface area (Å²) < 4.78 is 4.16. The normalized spacial score (nSPS) is 11.5. The highest BCUT2D eigenvalue weighted by Gasteiger charge is 2.11. The third-order valence-electron chi connectivity index (χ3n) is 4.23. The van der Waals surface area contributed by atoms with Crippen LogP contribution in [0.1, 0.15) is 40.8 Å². The molecule has 25 heavy (non-hydrogen) atoms. The molecule has 1 aromatic carbocycles. The van der Waals surface area contributed by atoms with Crippen molar-refractivity contribution in [1.82, 2.24) is 24.7 Å². The van der Waals surface area contributed by atoms with E-state index in [-0.39, 0.29) is 0 Å². The van der Waals surface area contributed by atoms with E-state index in [2.05, 4.69) is 58.5 Å². The molecule has 1 N–H and O–H groups in total. The zero-order valence-electron chi connectivity index (χ0n) is 14.9. The van der Waals surface area contributed by atoms with Crippen molar-refractivity contribution in [3.63, 3.8) is 0 Å². The maximum Gasteiger partial charge on any atom is 0.216 e. The Labute approximate surface area is 152 Å². The van der Waals surface area contributed by atoms with Gasteiger partial charge in [-0.15, -0.1) is 0 Å². The van der Waals surface area contributed by atoms with Gasteiger partial charge in [-0.05, 0) is 38.6 Å². The molecule has 0 atom stereocenters. The number of nitrogens with zero attached hydrogens (tertiary/aromatic N) is 5. The van der Waals surface area contributed by atoms with Crippen molar-refractivity contribution in [1.29, 1.82) is 0 Å². The quantitative estimate of drug-likeness (QED) is 0.563. The molecule has 0 radical (unpaired) electrons. The first-order valence-corrected chi connectivity index (χ1v) is 8.70. The fourth-order valence-electron chi connectivity index (χ4n) is 2.71. The second kappa shape index (κ2) is 7.14. The van der Waals surface area contributed by atoms with E-state index in [0.717, 1.165) is 35.7 Å². The maximum atomic E-state index is 5.23. The van der Waals surface area contributed by atoms with Crippen LogP contribution in [0.15, 0.2) is 29.4 Å². The summed E-state index contributed by atoms with van der Waals surface area (Å²) >= 11 is 5.23. The van der Waals surface area contributed by atoms with Crippen LogP contribution in [0.4, 0.5) is 0 Å². The van der Waals surface area contributed by atoms with Crippen molar-refractivity contribution >= 4 is 18.4 Å². The second-order valence-electron chi connectivity index (χ2n) is 6.08. The Morgan fingerprint density at radius 2 is 1.92 bits per heavy atom. The van der Waals surface area contributed by atoms with Crippen LogP contribution in [-0.4, -0.2) is 30.9 Å². The van der Waals surface area contributed by atoms with Gasteiger partial charge in [-0.2, -0.15) is 20.0 Å². The Morgan fingerprint density at radius 3 is 2.60 bits per heavy atom. The average Bonchev–Trinajstić information content (AvgIpc) is 3.08. The van der Waals surface area contributed by atoms with Gasteiger partial charge in [-0.25, -0.2) is 0 Å². The monoisotopic (exact) mass is 354 g/mol. The Morgan fingerprint density at radius 1 is 1.20 bits per heavy atom. The zero-order chi connectivity index (χ0) is 18.0. The van der Waals surface area contributed by atoms with Gasteiger partial charge >= 0.3 is 0 Å². The molecule has 0 saturated heterocycles. The van der Waals surface area contributed by atoms with Gasteiger partial charge in [0.05, 0.1) is 18.5 Å². The lowest BCUT2D eigenvalue weighted by Gasteiger charge is -2.05. The van der Waals surface area contributed by atoms with E-state index in [4.69, 9.17) is 12.2 Å². The van der Waals surface area contributed by atoms with Crippen LogP contribution in [-0.2, 0) is 13.0 Å². The third kappa shape index (κ3) is 3.61. The minimum absolute atomic E-state index is 0.496. The number of hydrogen-bond acceptors (Lipinski definition) is 4. The molecule has 2 aromatic heterocycles. The molecule has 0 aliphatic carbocycles. The molecule has 2 heterocycles. The van der Waals surface area contributed by atoms with Gasteiger partial charge in [0.15, 0.2) is 5.82 Å². The summed E-state index contributed by atoms with van der Waals surface area (Å²) in [5, 5.41) is 16.1. The summed E-state index contributed by atoms with van der Waals surface area (Å²) in [6.45, 7) is 8.91. The predicted molar refractivity (Wildman–Crippen MR) is 102 cm³/mol. The van der Waals surface area contributed by atoms with Crippen LogP contribution >= 0.6 is 12.2 Å². The molecule has 0 saturated carbocycles. The molecule has 0 aliphatic heterocycles. The number of aromatic nitrogens is 5. The van der Waals surface area contributed by atoms with Gasteiger partial charge in [0.1, 0.15) is 0 Å². The molecule has 6 nitrogen and oxygen atoms in total. The first kappa shape index (κ1) is 17.3. The van der Waals surface area contributed by atoms with E-state index in [9.17, 15) is 0 Å². The van der Waals surface area contributed by atoms with Crippen molar-refractivity contribution < 1.29 is 0 Å². The molecule has 0 aliphatic rings. The lowest BCUT2D eigenvalue weighted by molar-refractivity contribution is 0.659. The topological polar surface area (TPSA) is 63.8 Å². The van der Waals surface area contributed by atoms with Crippen LogP contribution in [0.5, 0.6) is 0 Å². The summed E-state index contributed by atoms with van der Waals surface area (Å²) in [5.74, 6) is 0.809. The number of H-pyrrole nitrogens is 1. The van der Waals surface area contributed by atoms with Gasteiger partial charge in [0, 0.05) is 17.7 Å². The Kier molecular flexibility index (Phi) is 4.94. The predicted octanol–water partition coefficient (Wildman–Crippen LogP) is 3.56. The van der Waals surface area contributed by atoms with E-state index in [1.54, 1.807) is 4.68 Å². The van der Waals surface area contributed by atoms with Gasteiger partial charge < -0.3 is 0 Å². The first-order valence-electron chi connectivity index (χ1n) is 8.29. The third-order valence-corrected chi connectivity index (χ3v) is 4.49. The van der Waals surface area contributed by atoms with E-state index < -0.39 is 0 Å². The van der Waals surface area contributed by atoms with E-state index in [0.29, 0.717) is 4.77 Å². The maximum absolute atomic E-state index is 5.23. The Hall–Kier alpha value is -2.54. The Bertz CT molecular complexity index is 959. The minimum Gasteiger partial charge on any atom is -0.265 e. The van der Waals surface area contributed by atoms with Gasteiger partial charge in [-0.3, -0.25) is 9.78 Å². The lowest BCUT2D eigenvalue weighted by Crippen LogP contribution is -2.04. The highest BCUT2D eigenvalue weighted by Crippen LogP contribution is 2.14. The second-order valence-corrected chi connectivity index (χ2v) is 6.47. The molecule has 0 fully saturated rings. The van der Waals surface area contributed by atoms with Crippen molar-refractivity contribution in [3.05, 3.63) is 62.9 Å². The smallest absolute Gasteiger partial charge is 0.216 e.